The van der Waals surface area contributed by atoms with Gasteiger partial charge in [-0.1, -0.05) is 55.3 Å². The highest BCUT2D eigenvalue weighted by Crippen LogP contribution is 2.30. The summed E-state index contributed by atoms with van der Waals surface area (Å²) in [4.78, 5) is 13.2. The summed E-state index contributed by atoms with van der Waals surface area (Å²) in [6.07, 6.45) is 4.16. The van der Waals surface area contributed by atoms with Crippen molar-refractivity contribution in [3.8, 4) is 0 Å². The number of ether oxygens (including phenoxy) is 1. The van der Waals surface area contributed by atoms with Crippen LogP contribution in [0, 0.1) is 5.92 Å². The molecule has 2 fully saturated rings. The van der Waals surface area contributed by atoms with Crippen molar-refractivity contribution in [2.45, 2.75) is 99.2 Å². The number of hydrogen-bond donors (Lipinski definition) is 5. The first-order valence-electron chi connectivity index (χ1n) is 14.2. The quantitative estimate of drug-likeness (QED) is 0.216. The molecule has 9 unspecified atom stereocenters. The van der Waals surface area contributed by atoms with Crippen LogP contribution in [0.1, 0.15) is 51.0 Å². The maximum Gasteiger partial charge on any atom is 0.237 e. The number of rotatable bonds is 10. The van der Waals surface area contributed by atoms with Gasteiger partial charge in [0.05, 0.1) is 17.5 Å². The smallest absolute Gasteiger partial charge is 0.237 e. The Bertz CT molecular complexity index is 1070. The van der Waals surface area contributed by atoms with Crippen LogP contribution in [-0.2, 0) is 16.0 Å². The molecular weight excluding hydrogens is 536 g/mol. The van der Waals surface area contributed by atoms with E-state index in [4.69, 9.17) is 16.3 Å². The van der Waals surface area contributed by atoms with Crippen molar-refractivity contribution in [1.82, 2.24) is 10.6 Å². The van der Waals surface area contributed by atoms with Crippen molar-refractivity contribution in [1.29, 1.82) is 0 Å². The third-order valence-electron chi connectivity index (χ3n) is 8.26. The number of aliphatic hydroxyl groups excluding tert-OH is 3. The summed E-state index contributed by atoms with van der Waals surface area (Å²) in [7, 11) is 0. The number of unbranched alkanes of at least 4 members (excludes halogenated alkanes) is 1. The van der Waals surface area contributed by atoms with Gasteiger partial charge in [0.2, 0.25) is 5.91 Å². The monoisotopic (exact) mass is 578 g/mol. The van der Waals surface area contributed by atoms with Gasteiger partial charge in [0.15, 0.2) is 0 Å². The van der Waals surface area contributed by atoms with Crippen LogP contribution >= 0.6 is 23.4 Å². The first kappa shape index (κ1) is 30.6. The van der Waals surface area contributed by atoms with Gasteiger partial charge in [-0.2, -0.15) is 0 Å². The maximum absolute atomic E-state index is 13.2. The molecular formula is C30H43ClN2O5S. The van der Waals surface area contributed by atoms with Gasteiger partial charge in [-0.25, -0.2) is 0 Å². The Morgan fingerprint density at radius 3 is 2.59 bits per heavy atom. The van der Waals surface area contributed by atoms with Crippen LogP contribution in [0.3, 0.4) is 0 Å². The van der Waals surface area contributed by atoms with Crippen LogP contribution in [0.15, 0.2) is 42.5 Å². The Hall–Kier alpha value is -1.39. The van der Waals surface area contributed by atoms with E-state index in [2.05, 4.69) is 53.1 Å². The summed E-state index contributed by atoms with van der Waals surface area (Å²) in [6.45, 7) is 2.50. The van der Waals surface area contributed by atoms with E-state index in [1.807, 2.05) is 0 Å². The molecule has 2 aliphatic rings. The summed E-state index contributed by atoms with van der Waals surface area (Å²) in [6, 6.07) is 14.1. The fraction of sp³-hybridized carbons (Fsp3) is 0.633. The summed E-state index contributed by atoms with van der Waals surface area (Å²) in [5, 5.41) is 39.5. The van der Waals surface area contributed by atoms with Crippen LogP contribution < -0.4 is 10.6 Å². The average Bonchev–Trinajstić information content (AvgIpc) is 3.19. The molecule has 5 N–H and O–H groups in total. The van der Waals surface area contributed by atoms with Gasteiger partial charge in [0.1, 0.15) is 29.9 Å². The van der Waals surface area contributed by atoms with Gasteiger partial charge in [0, 0.05) is 0 Å². The number of fused-ring (bicyclic) bond motifs is 1. The highest BCUT2D eigenvalue weighted by atomic mass is 35.5. The first-order chi connectivity index (χ1) is 18.8. The number of aryl methyl sites for hydroxylation is 1. The molecule has 2 aromatic rings. The molecule has 2 heterocycles. The van der Waals surface area contributed by atoms with Crippen molar-refractivity contribution >= 4 is 40.0 Å². The largest absolute Gasteiger partial charge is 0.388 e. The number of nitrogens with one attached hydrogen (secondary N) is 2. The predicted octanol–water partition coefficient (Wildman–Crippen LogP) is 3.59. The number of halogens is 1. The van der Waals surface area contributed by atoms with Crippen molar-refractivity contribution in [3.05, 3.63) is 48.0 Å². The predicted molar refractivity (Wildman–Crippen MR) is 158 cm³/mol. The van der Waals surface area contributed by atoms with Crippen LogP contribution in [0.2, 0.25) is 0 Å². The summed E-state index contributed by atoms with van der Waals surface area (Å²) < 4.78 is 5.88. The zero-order valence-corrected chi connectivity index (χ0v) is 24.4. The zero-order chi connectivity index (χ0) is 27.9. The van der Waals surface area contributed by atoms with E-state index in [0.717, 1.165) is 45.1 Å². The third-order valence-corrected chi connectivity index (χ3v) is 9.39. The second-order valence-electron chi connectivity index (χ2n) is 11.1. The lowest BCUT2D eigenvalue weighted by Gasteiger charge is -2.44. The number of carbonyl (C=O) groups excluding carboxylic acids is 1. The molecule has 0 aliphatic carbocycles. The molecule has 1 amide bonds. The molecule has 4 rings (SSSR count). The van der Waals surface area contributed by atoms with E-state index >= 15 is 0 Å². The van der Waals surface area contributed by atoms with Gasteiger partial charge >= 0.3 is 0 Å². The molecule has 2 aromatic carbocycles. The van der Waals surface area contributed by atoms with E-state index in [-0.39, 0.29) is 11.9 Å². The van der Waals surface area contributed by atoms with Crippen molar-refractivity contribution < 1.29 is 24.9 Å². The molecule has 2 saturated heterocycles. The van der Waals surface area contributed by atoms with Gasteiger partial charge in [-0.3, -0.25) is 4.79 Å². The highest BCUT2D eigenvalue weighted by Gasteiger charge is 2.48. The van der Waals surface area contributed by atoms with E-state index in [0.29, 0.717) is 5.92 Å². The fourth-order valence-electron chi connectivity index (χ4n) is 5.87. The summed E-state index contributed by atoms with van der Waals surface area (Å²) >= 11 is 7.66. The molecule has 7 nitrogen and oxygen atoms in total. The Morgan fingerprint density at radius 1 is 1.08 bits per heavy atom. The molecule has 0 spiro atoms. The Kier molecular flexibility index (Phi) is 11.4. The minimum atomic E-state index is -1.38. The molecule has 0 saturated carbocycles. The maximum atomic E-state index is 13.2. The van der Waals surface area contributed by atoms with Crippen LogP contribution in [0.5, 0.6) is 0 Å². The van der Waals surface area contributed by atoms with Gasteiger partial charge in [0.25, 0.3) is 0 Å². The number of hydrogen-bond acceptors (Lipinski definition) is 7. The molecule has 39 heavy (non-hydrogen) atoms. The summed E-state index contributed by atoms with van der Waals surface area (Å²) in [5.74, 6) is 0.402. The van der Waals surface area contributed by atoms with Crippen molar-refractivity contribution in [2.75, 3.05) is 12.8 Å². The SMILES string of the molecule is CSC1OC(C(NC(=O)C2CCC(CCCCc3ccc4ccccc4c3)CCN2)C(C)Cl)C(O)C(O)C1O. The molecule has 0 aromatic heterocycles. The number of carbonyl (C=O) groups is 1. The van der Waals surface area contributed by atoms with Crippen molar-refractivity contribution in [3.63, 3.8) is 0 Å². The Labute approximate surface area is 241 Å². The van der Waals surface area contributed by atoms with Gasteiger partial charge in [-0.05, 0) is 74.1 Å². The van der Waals surface area contributed by atoms with Crippen LogP contribution in [-0.4, -0.2) is 81.3 Å². The molecule has 216 valence electrons. The second-order valence-corrected chi connectivity index (χ2v) is 12.7. The third kappa shape index (κ3) is 7.88. The average molecular weight is 579 g/mol. The number of thioether (sulfide) groups is 1. The zero-order valence-electron chi connectivity index (χ0n) is 22.8. The second kappa shape index (κ2) is 14.5. The van der Waals surface area contributed by atoms with E-state index in [9.17, 15) is 20.1 Å². The summed E-state index contributed by atoms with van der Waals surface area (Å²) in [5.41, 5.74) is 0.662. The molecule has 9 heteroatoms. The standard InChI is InChI=1S/C30H43ClN2O5S/c1-18(31)24(28-26(35)25(34)27(36)30(38-28)39-2)33-29(37)23-14-12-19(15-16-32-23)7-3-4-8-20-11-13-21-9-5-6-10-22(21)17-20/h5-6,9-11,13,17-19,23-28,30,32,34-36H,3-4,7-8,12,14-16H2,1-2H3,(H,33,37). The Balaban J connectivity index is 1.24. The lowest BCUT2D eigenvalue weighted by molar-refractivity contribution is -0.205. The van der Waals surface area contributed by atoms with E-state index in [1.54, 1.807) is 13.2 Å². The lowest BCUT2D eigenvalue weighted by Crippen LogP contribution is -2.65. The number of alkyl halides is 1. The minimum Gasteiger partial charge on any atom is -0.388 e. The molecule has 9 atom stereocenters. The molecule has 0 bridgehead atoms. The topological polar surface area (TPSA) is 111 Å². The number of benzene rings is 2. The number of amides is 1. The van der Waals surface area contributed by atoms with E-state index < -0.39 is 41.3 Å². The highest BCUT2D eigenvalue weighted by molar-refractivity contribution is 7.99. The molecule has 0 radical (unpaired) electrons. The van der Waals surface area contributed by atoms with Crippen molar-refractivity contribution in [2.24, 2.45) is 5.92 Å². The number of aliphatic hydroxyl groups is 3. The van der Waals surface area contributed by atoms with Crippen LogP contribution in [0.4, 0.5) is 0 Å². The Morgan fingerprint density at radius 2 is 1.85 bits per heavy atom. The van der Waals surface area contributed by atoms with Crippen LogP contribution in [0.25, 0.3) is 10.8 Å². The van der Waals surface area contributed by atoms with E-state index in [1.165, 1.54) is 34.5 Å². The lowest BCUT2D eigenvalue weighted by atomic mass is 9.91. The minimum absolute atomic E-state index is 0.179. The van der Waals surface area contributed by atoms with Gasteiger partial charge in [-0.15, -0.1) is 23.4 Å². The first-order valence-corrected chi connectivity index (χ1v) is 15.9. The van der Waals surface area contributed by atoms with Gasteiger partial charge < -0.3 is 30.7 Å². The fourth-order valence-corrected chi connectivity index (χ4v) is 6.75. The molecule has 2 aliphatic heterocycles. The normalized spacial score (nSPS) is 31.4.